The molecule has 9 nitrogen and oxygen atoms in total. The van der Waals surface area contributed by atoms with Gasteiger partial charge in [0.25, 0.3) is 5.91 Å². The minimum absolute atomic E-state index is 0.0370. The van der Waals surface area contributed by atoms with Crippen molar-refractivity contribution in [1.82, 2.24) is 9.80 Å². The van der Waals surface area contributed by atoms with Crippen molar-refractivity contribution < 1.29 is 35.1 Å². The third kappa shape index (κ3) is 42.6. The quantitative estimate of drug-likeness (QED) is 0.0304. The van der Waals surface area contributed by atoms with E-state index in [1.165, 1.54) is 140 Å². The van der Waals surface area contributed by atoms with Gasteiger partial charge in [-0.1, -0.05) is 173 Å². The highest BCUT2D eigenvalue weighted by atomic mass is 16.3. The van der Waals surface area contributed by atoms with Crippen LogP contribution in [-0.4, -0.2) is 105 Å². The minimum Gasteiger partial charge on any atom is -0.394 e. The maximum Gasteiger partial charge on any atom is 0.251 e. The zero-order valence-corrected chi connectivity index (χ0v) is 39.6. The molecular weight excluding hydrogens is 753 g/mol. The van der Waals surface area contributed by atoms with Gasteiger partial charge >= 0.3 is 0 Å². The Hall–Kier alpha value is -2.04. The fraction of sp³-hybridized carbons (Fsp3) is 0.843. The van der Waals surface area contributed by atoms with Crippen molar-refractivity contribution in [2.45, 2.75) is 239 Å². The highest BCUT2D eigenvalue weighted by Crippen LogP contribution is 2.13. The Balaban J connectivity index is 0. The Morgan fingerprint density at radius 2 is 0.783 bits per heavy atom. The van der Waals surface area contributed by atoms with Gasteiger partial charge in [-0.25, -0.2) is 0 Å². The second-order valence-corrected chi connectivity index (χ2v) is 17.0. The van der Waals surface area contributed by atoms with Crippen LogP contribution in [0.4, 0.5) is 0 Å². The van der Waals surface area contributed by atoms with Gasteiger partial charge in [0.2, 0.25) is 5.91 Å². The van der Waals surface area contributed by atoms with E-state index in [1.54, 1.807) is 4.90 Å². The molecule has 0 aliphatic heterocycles. The second-order valence-electron chi connectivity index (χ2n) is 17.0. The molecule has 0 bridgehead atoms. The van der Waals surface area contributed by atoms with Gasteiger partial charge in [-0.05, 0) is 77.0 Å². The standard InChI is InChI=1S/C28H55NO4.C23H43NO3/c1-3-5-7-8-9-10-11-12-13-14-15-16-17-18-19-21-23-29(24-26(31)25-30)28(33)27(32)22-20-6-4-2;1-3-4-5-6-7-8-9-10-11-12-13-14-15-16-17-18-19-24(22(2)26)20-23(27)21-25/h12-13,26-27,30-32H,3-11,14-25H2,1-2H3;7-8,10-11,23,25,27H,3-6,9,12-21H2,1-2H3/b13-12-;8-7-,11-10-. The normalized spacial score (nSPS) is 13.2. The number of amides is 2. The molecular formula is C51H98N2O7. The summed E-state index contributed by atoms with van der Waals surface area (Å²) in [6, 6.07) is 0. The molecule has 0 saturated heterocycles. The third-order valence-electron chi connectivity index (χ3n) is 11.0. The van der Waals surface area contributed by atoms with Crippen molar-refractivity contribution in [3.63, 3.8) is 0 Å². The number of carbonyl (C=O) groups is 2. The number of nitrogens with zero attached hydrogens (tertiary/aromatic N) is 2. The van der Waals surface area contributed by atoms with Crippen LogP contribution in [0, 0.1) is 0 Å². The van der Waals surface area contributed by atoms with E-state index in [0.717, 1.165) is 57.8 Å². The largest absolute Gasteiger partial charge is 0.394 e. The van der Waals surface area contributed by atoms with E-state index >= 15 is 0 Å². The number of allylic oxidation sites excluding steroid dienone is 6. The molecule has 0 fully saturated rings. The third-order valence-corrected chi connectivity index (χ3v) is 11.0. The predicted molar refractivity (Wildman–Crippen MR) is 254 cm³/mol. The fourth-order valence-corrected chi connectivity index (χ4v) is 7.06. The monoisotopic (exact) mass is 851 g/mol. The molecule has 5 N–H and O–H groups in total. The van der Waals surface area contributed by atoms with E-state index in [4.69, 9.17) is 10.2 Å². The lowest BCUT2D eigenvalue weighted by Crippen LogP contribution is -2.44. The first-order valence-corrected chi connectivity index (χ1v) is 24.9. The smallest absolute Gasteiger partial charge is 0.251 e. The molecule has 0 aromatic heterocycles. The lowest BCUT2D eigenvalue weighted by Gasteiger charge is -2.27. The van der Waals surface area contributed by atoms with E-state index in [-0.39, 0.29) is 38.1 Å². The first-order chi connectivity index (χ1) is 29.2. The van der Waals surface area contributed by atoms with E-state index in [0.29, 0.717) is 19.5 Å². The molecule has 0 saturated carbocycles. The number of hydrogen-bond acceptors (Lipinski definition) is 7. The molecule has 0 aliphatic rings. The summed E-state index contributed by atoms with van der Waals surface area (Å²) in [6.45, 7) is 8.94. The van der Waals surface area contributed by atoms with Crippen LogP contribution in [0.3, 0.4) is 0 Å². The van der Waals surface area contributed by atoms with Crippen molar-refractivity contribution in [3.8, 4) is 0 Å². The van der Waals surface area contributed by atoms with Crippen LogP contribution in [0.1, 0.15) is 220 Å². The molecule has 0 radical (unpaired) electrons. The molecule has 0 spiro atoms. The van der Waals surface area contributed by atoms with E-state index in [9.17, 15) is 24.9 Å². The number of unbranched alkanes of at least 4 members (excludes halogenated alkanes) is 23. The summed E-state index contributed by atoms with van der Waals surface area (Å²) in [7, 11) is 0. The van der Waals surface area contributed by atoms with Crippen LogP contribution in [0.25, 0.3) is 0 Å². The Labute approximate surface area is 370 Å². The Morgan fingerprint density at radius 1 is 0.450 bits per heavy atom. The van der Waals surface area contributed by atoms with Gasteiger partial charge in [0.1, 0.15) is 6.10 Å². The Morgan fingerprint density at radius 3 is 1.22 bits per heavy atom. The van der Waals surface area contributed by atoms with Gasteiger partial charge in [-0.3, -0.25) is 9.59 Å². The Kier molecular flexibility index (Phi) is 48.0. The zero-order chi connectivity index (χ0) is 44.7. The van der Waals surface area contributed by atoms with E-state index < -0.39 is 18.3 Å². The molecule has 3 unspecified atom stereocenters. The van der Waals surface area contributed by atoms with Gasteiger partial charge in [0, 0.05) is 33.1 Å². The van der Waals surface area contributed by atoms with Gasteiger partial charge in [-0.15, -0.1) is 0 Å². The summed E-state index contributed by atoms with van der Waals surface area (Å²) in [5, 5.41) is 47.4. The number of hydrogen-bond donors (Lipinski definition) is 5. The zero-order valence-electron chi connectivity index (χ0n) is 39.6. The fourth-order valence-electron chi connectivity index (χ4n) is 7.06. The SMILES string of the molecule is CCCCC/C=C\C/C=C\CCCCCCCCN(CC(O)CO)C(C)=O.CCCCCCCC/C=C\CCCCCCCCN(CC(O)CO)C(=O)C(O)CCCCC. The Bertz CT molecular complexity index is 1000. The number of aliphatic hydroxyl groups is 5. The van der Waals surface area contributed by atoms with Crippen LogP contribution in [0.15, 0.2) is 36.5 Å². The second kappa shape index (κ2) is 48.0. The summed E-state index contributed by atoms with van der Waals surface area (Å²) in [6.07, 6.45) is 46.1. The van der Waals surface area contributed by atoms with Gasteiger partial charge < -0.3 is 35.3 Å². The number of rotatable bonds is 42. The molecule has 2 amide bonds. The van der Waals surface area contributed by atoms with Gasteiger partial charge in [0.05, 0.1) is 25.4 Å². The average Bonchev–Trinajstić information content (AvgIpc) is 3.24. The summed E-state index contributed by atoms with van der Waals surface area (Å²) in [4.78, 5) is 27.2. The lowest BCUT2D eigenvalue weighted by atomic mass is 10.1. The van der Waals surface area contributed by atoms with Crippen LogP contribution in [-0.2, 0) is 9.59 Å². The molecule has 0 heterocycles. The van der Waals surface area contributed by atoms with Crippen molar-refractivity contribution in [1.29, 1.82) is 0 Å². The van der Waals surface area contributed by atoms with Crippen molar-refractivity contribution in [3.05, 3.63) is 36.5 Å². The molecule has 9 heteroatoms. The first-order valence-electron chi connectivity index (χ1n) is 24.9. The predicted octanol–water partition coefficient (Wildman–Crippen LogP) is 11.1. The van der Waals surface area contributed by atoms with Gasteiger partial charge in [-0.2, -0.15) is 0 Å². The summed E-state index contributed by atoms with van der Waals surface area (Å²) in [5.74, 6) is -0.351. The van der Waals surface area contributed by atoms with Crippen LogP contribution < -0.4 is 0 Å². The number of carbonyl (C=O) groups excluding carboxylic acids is 2. The highest BCUT2D eigenvalue weighted by molar-refractivity contribution is 5.80. The van der Waals surface area contributed by atoms with Crippen molar-refractivity contribution in [2.24, 2.45) is 0 Å². The molecule has 60 heavy (non-hydrogen) atoms. The topological polar surface area (TPSA) is 142 Å². The van der Waals surface area contributed by atoms with Crippen LogP contribution in [0.2, 0.25) is 0 Å². The van der Waals surface area contributed by atoms with Crippen LogP contribution >= 0.6 is 0 Å². The van der Waals surface area contributed by atoms with Crippen molar-refractivity contribution in [2.75, 3.05) is 39.4 Å². The maximum atomic E-state index is 12.6. The molecule has 0 aromatic carbocycles. The van der Waals surface area contributed by atoms with Crippen LogP contribution in [0.5, 0.6) is 0 Å². The van der Waals surface area contributed by atoms with Gasteiger partial charge in [0.15, 0.2) is 0 Å². The number of aliphatic hydroxyl groups excluding tert-OH is 5. The summed E-state index contributed by atoms with van der Waals surface area (Å²) >= 11 is 0. The maximum absolute atomic E-state index is 12.6. The summed E-state index contributed by atoms with van der Waals surface area (Å²) in [5.41, 5.74) is 0. The lowest BCUT2D eigenvalue weighted by molar-refractivity contribution is -0.142. The molecule has 354 valence electrons. The van der Waals surface area contributed by atoms with Crippen molar-refractivity contribution >= 4 is 11.8 Å². The molecule has 0 rings (SSSR count). The average molecular weight is 851 g/mol. The molecule has 0 aliphatic carbocycles. The minimum atomic E-state index is -1.00. The highest BCUT2D eigenvalue weighted by Gasteiger charge is 2.23. The van der Waals surface area contributed by atoms with E-state index in [1.807, 2.05) is 0 Å². The summed E-state index contributed by atoms with van der Waals surface area (Å²) < 4.78 is 0. The molecule has 0 aromatic rings. The van der Waals surface area contributed by atoms with E-state index in [2.05, 4.69) is 57.2 Å². The first kappa shape index (κ1) is 60.0. The molecule has 3 atom stereocenters.